The predicted molar refractivity (Wildman–Crippen MR) is 80.0 cm³/mol. The van der Waals surface area contributed by atoms with Crippen molar-refractivity contribution in [3.63, 3.8) is 0 Å². The number of benzene rings is 1. The lowest BCUT2D eigenvalue weighted by molar-refractivity contribution is -0.136. The van der Waals surface area contributed by atoms with Gasteiger partial charge in [-0.3, -0.25) is 9.59 Å². The molecule has 1 aromatic carbocycles. The van der Waals surface area contributed by atoms with E-state index >= 15 is 0 Å². The second kappa shape index (κ2) is 6.55. The summed E-state index contributed by atoms with van der Waals surface area (Å²) in [6.45, 7) is 8.36. The van der Waals surface area contributed by atoms with Gasteiger partial charge < -0.3 is 10.0 Å². The first-order valence-electron chi connectivity index (χ1n) is 6.88. The van der Waals surface area contributed by atoms with E-state index in [4.69, 9.17) is 5.11 Å². The minimum atomic E-state index is -0.898. The summed E-state index contributed by atoms with van der Waals surface area (Å²) in [5.74, 6) is -0.958. The molecule has 0 saturated carbocycles. The third-order valence-corrected chi connectivity index (χ3v) is 3.20. The molecular weight excluding hydrogens is 254 g/mol. The SMILES string of the molecule is CCC(=O)N(CCC(=O)O)c1ccc(C(C)(C)C)cc1. The third-order valence-electron chi connectivity index (χ3n) is 3.20. The molecule has 0 heterocycles. The highest BCUT2D eigenvalue weighted by Crippen LogP contribution is 2.25. The number of carboxylic acid groups (broad SMARTS) is 1. The van der Waals surface area contributed by atoms with Crippen LogP contribution in [0.25, 0.3) is 0 Å². The molecule has 1 rings (SSSR count). The lowest BCUT2D eigenvalue weighted by Crippen LogP contribution is -2.32. The van der Waals surface area contributed by atoms with Gasteiger partial charge in [-0.1, -0.05) is 39.8 Å². The molecule has 1 aromatic rings. The molecule has 0 aliphatic rings. The van der Waals surface area contributed by atoms with Crippen LogP contribution in [-0.4, -0.2) is 23.5 Å². The second-order valence-electron chi connectivity index (χ2n) is 5.84. The van der Waals surface area contributed by atoms with Crippen molar-refractivity contribution in [2.24, 2.45) is 0 Å². The number of hydrogen-bond donors (Lipinski definition) is 1. The van der Waals surface area contributed by atoms with Crippen molar-refractivity contribution in [3.8, 4) is 0 Å². The quantitative estimate of drug-likeness (QED) is 0.899. The van der Waals surface area contributed by atoms with Crippen LogP contribution < -0.4 is 4.90 Å². The molecule has 4 nitrogen and oxygen atoms in total. The van der Waals surface area contributed by atoms with E-state index in [0.29, 0.717) is 6.42 Å². The number of rotatable bonds is 5. The van der Waals surface area contributed by atoms with Crippen LogP contribution in [0.15, 0.2) is 24.3 Å². The Morgan fingerprint density at radius 3 is 2.10 bits per heavy atom. The van der Waals surface area contributed by atoms with Crippen molar-refractivity contribution >= 4 is 17.6 Å². The van der Waals surface area contributed by atoms with Crippen LogP contribution in [0.2, 0.25) is 0 Å². The zero-order chi connectivity index (χ0) is 15.3. The number of amides is 1. The van der Waals surface area contributed by atoms with Gasteiger partial charge in [0.15, 0.2) is 0 Å². The highest BCUT2D eigenvalue weighted by Gasteiger charge is 2.17. The van der Waals surface area contributed by atoms with Crippen molar-refractivity contribution in [3.05, 3.63) is 29.8 Å². The first kappa shape index (κ1) is 16.2. The molecular formula is C16H23NO3. The van der Waals surface area contributed by atoms with Crippen LogP contribution in [-0.2, 0) is 15.0 Å². The van der Waals surface area contributed by atoms with E-state index in [-0.39, 0.29) is 24.3 Å². The fraction of sp³-hybridized carbons (Fsp3) is 0.500. The average molecular weight is 277 g/mol. The van der Waals surface area contributed by atoms with E-state index < -0.39 is 5.97 Å². The zero-order valence-corrected chi connectivity index (χ0v) is 12.6. The van der Waals surface area contributed by atoms with Gasteiger partial charge in [0, 0.05) is 18.7 Å². The van der Waals surface area contributed by atoms with E-state index in [0.717, 1.165) is 5.69 Å². The minimum Gasteiger partial charge on any atom is -0.481 e. The number of carbonyl (C=O) groups is 2. The maximum atomic E-state index is 11.9. The van der Waals surface area contributed by atoms with E-state index in [1.54, 1.807) is 11.8 Å². The number of aliphatic carboxylic acids is 1. The van der Waals surface area contributed by atoms with Gasteiger partial charge in [-0.05, 0) is 23.1 Å². The fourth-order valence-electron chi connectivity index (χ4n) is 1.94. The molecule has 4 heteroatoms. The molecule has 110 valence electrons. The van der Waals surface area contributed by atoms with Crippen molar-refractivity contribution in [1.29, 1.82) is 0 Å². The number of anilines is 1. The number of carboxylic acids is 1. The molecule has 0 unspecified atom stereocenters. The monoisotopic (exact) mass is 277 g/mol. The summed E-state index contributed by atoms with van der Waals surface area (Å²) in [6, 6.07) is 7.75. The Morgan fingerprint density at radius 2 is 1.70 bits per heavy atom. The summed E-state index contributed by atoms with van der Waals surface area (Å²) >= 11 is 0. The molecule has 0 saturated heterocycles. The van der Waals surface area contributed by atoms with Crippen LogP contribution in [0.3, 0.4) is 0 Å². The van der Waals surface area contributed by atoms with Gasteiger partial charge >= 0.3 is 5.97 Å². The summed E-state index contributed by atoms with van der Waals surface area (Å²) < 4.78 is 0. The van der Waals surface area contributed by atoms with E-state index in [2.05, 4.69) is 20.8 Å². The van der Waals surface area contributed by atoms with Crippen molar-refractivity contribution in [1.82, 2.24) is 0 Å². The Bertz CT molecular complexity index is 471. The summed E-state index contributed by atoms with van der Waals surface area (Å²) in [5, 5.41) is 8.78. The summed E-state index contributed by atoms with van der Waals surface area (Å²) in [4.78, 5) is 24.2. The van der Waals surface area contributed by atoms with Crippen LogP contribution in [0, 0.1) is 0 Å². The Labute approximate surface area is 120 Å². The van der Waals surface area contributed by atoms with Gasteiger partial charge in [-0.15, -0.1) is 0 Å². The molecule has 0 aliphatic carbocycles. The Hall–Kier alpha value is -1.84. The molecule has 1 N–H and O–H groups in total. The first-order valence-corrected chi connectivity index (χ1v) is 6.88. The van der Waals surface area contributed by atoms with Crippen LogP contribution >= 0.6 is 0 Å². The maximum absolute atomic E-state index is 11.9. The predicted octanol–water partition coefficient (Wildman–Crippen LogP) is 3.20. The van der Waals surface area contributed by atoms with E-state index in [1.807, 2.05) is 24.3 Å². The van der Waals surface area contributed by atoms with Crippen molar-refractivity contribution in [2.75, 3.05) is 11.4 Å². The molecule has 0 spiro atoms. The molecule has 0 fully saturated rings. The molecule has 0 atom stereocenters. The van der Waals surface area contributed by atoms with E-state index in [9.17, 15) is 9.59 Å². The molecule has 20 heavy (non-hydrogen) atoms. The fourth-order valence-corrected chi connectivity index (χ4v) is 1.94. The summed E-state index contributed by atoms with van der Waals surface area (Å²) in [7, 11) is 0. The van der Waals surface area contributed by atoms with Crippen LogP contribution in [0.4, 0.5) is 5.69 Å². The maximum Gasteiger partial charge on any atom is 0.305 e. The standard InChI is InChI=1S/C16H23NO3/c1-5-14(18)17(11-10-15(19)20)13-8-6-12(7-9-13)16(2,3)4/h6-9H,5,10-11H2,1-4H3,(H,19,20). The third kappa shape index (κ3) is 4.37. The Balaban J connectivity index is 2.96. The molecule has 1 amide bonds. The number of hydrogen-bond acceptors (Lipinski definition) is 2. The average Bonchev–Trinajstić information content (AvgIpc) is 2.37. The normalized spacial score (nSPS) is 11.2. The van der Waals surface area contributed by atoms with Gasteiger partial charge in [0.25, 0.3) is 0 Å². The number of carbonyl (C=O) groups excluding carboxylic acids is 1. The van der Waals surface area contributed by atoms with Gasteiger partial charge in [0.05, 0.1) is 6.42 Å². The largest absolute Gasteiger partial charge is 0.481 e. The zero-order valence-electron chi connectivity index (χ0n) is 12.6. The second-order valence-corrected chi connectivity index (χ2v) is 5.84. The lowest BCUT2D eigenvalue weighted by Gasteiger charge is -2.24. The van der Waals surface area contributed by atoms with Gasteiger partial charge in [0.2, 0.25) is 5.91 Å². The Kier molecular flexibility index (Phi) is 5.31. The number of nitrogens with zero attached hydrogens (tertiary/aromatic N) is 1. The first-order chi connectivity index (χ1) is 9.25. The lowest BCUT2D eigenvalue weighted by atomic mass is 9.87. The van der Waals surface area contributed by atoms with Crippen LogP contribution in [0.5, 0.6) is 0 Å². The van der Waals surface area contributed by atoms with Gasteiger partial charge in [-0.2, -0.15) is 0 Å². The molecule has 0 aliphatic heterocycles. The smallest absolute Gasteiger partial charge is 0.305 e. The van der Waals surface area contributed by atoms with Gasteiger partial charge in [0.1, 0.15) is 0 Å². The summed E-state index contributed by atoms with van der Waals surface area (Å²) in [5.41, 5.74) is 1.99. The van der Waals surface area contributed by atoms with Crippen molar-refractivity contribution < 1.29 is 14.7 Å². The topological polar surface area (TPSA) is 57.6 Å². The van der Waals surface area contributed by atoms with Gasteiger partial charge in [-0.25, -0.2) is 0 Å². The molecule has 0 radical (unpaired) electrons. The highest BCUT2D eigenvalue weighted by atomic mass is 16.4. The summed E-state index contributed by atoms with van der Waals surface area (Å²) in [6.07, 6.45) is 0.313. The minimum absolute atomic E-state index is 0.0488. The highest BCUT2D eigenvalue weighted by molar-refractivity contribution is 5.93. The molecule has 0 bridgehead atoms. The Morgan fingerprint density at radius 1 is 1.15 bits per heavy atom. The molecule has 0 aromatic heterocycles. The van der Waals surface area contributed by atoms with Crippen molar-refractivity contribution in [2.45, 2.75) is 46.0 Å². The van der Waals surface area contributed by atoms with E-state index in [1.165, 1.54) is 5.56 Å². The van der Waals surface area contributed by atoms with Crippen LogP contribution in [0.1, 0.15) is 46.1 Å².